The van der Waals surface area contributed by atoms with Gasteiger partial charge in [0.25, 0.3) is 0 Å². The van der Waals surface area contributed by atoms with Crippen molar-refractivity contribution in [3.8, 4) is 0 Å². The molecule has 5 nitrogen and oxygen atoms in total. The fourth-order valence-electron chi connectivity index (χ4n) is 1.35. The minimum absolute atomic E-state index is 0.491. The Morgan fingerprint density at radius 1 is 1.19 bits per heavy atom. The van der Waals surface area contributed by atoms with E-state index in [2.05, 4.69) is 15.0 Å². The zero-order valence-corrected chi connectivity index (χ0v) is 9.79. The first-order valence-corrected chi connectivity index (χ1v) is 5.75. The van der Waals surface area contributed by atoms with Crippen molar-refractivity contribution in [3.05, 3.63) is 28.7 Å². The van der Waals surface area contributed by atoms with Crippen molar-refractivity contribution in [1.82, 2.24) is 15.0 Å². The van der Waals surface area contributed by atoms with Gasteiger partial charge in [-0.15, -0.1) is 11.3 Å². The van der Waals surface area contributed by atoms with Gasteiger partial charge in [0.15, 0.2) is 5.13 Å². The Labute approximate surface area is 97.6 Å². The monoisotopic (exact) mass is 235 g/mol. The summed E-state index contributed by atoms with van der Waals surface area (Å²) in [5, 5.41) is 0.606. The molecule has 6 heteroatoms. The van der Waals surface area contributed by atoms with E-state index < -0.39 is 0 Å². The highest BCUT2D eigenvalue weighted by Crippen LogP contribution is 2.16. The molecular weight excluding hydrogens is 222 g/mol. The highest BCUT2D eigenvalue weighted by molar-refractivity contribution is 7.15. The second-order valence-corrected chi connectivity index (χ2v) is 4.64. The molecule has 84 valence electrons. The number of nitrogens with zero attached hydrogens (tertiary/aromatic N) is 3. The maximum absolute atomic E-state index is 5.60. The van der Waals surface area contributed by atoms with Crippen LogP contribution in [0, 0.1) is 6.92 Å². The number of hydrogen-bond donors (Lipinski definition) is 2. The van der Waals surface area contributed by atoms with Crippen LogP contribution in [-0.4, -0.2) is 15.0 Å². The normalized spacial score (nSPS) is 10.6. The van der Waals surface area contributed by atoms with E-state index in [-0.39, 0.29) is 0 Å². The van der Waals surface area contributed by atoms with Gasteiger partial charge in [0.2, 0.25) is 0 Å². The summed E-state index contributed by atoms with van der Waals surface area (Å²) in [6.07, 6.45) is 5.23. The lowest BCUT2D eigenvalue weighted by Gasteiger charge is -2.02. The Morgan fingerprint density at radius 3 is 2.62 bits per heavy atom. The maximum atomic E-state index is 5.60. The van der Waals surface area contributed by atoms with Crippen molar-refractivity contribution in [3.63, 3.8) is 0 Å². The van der Waals surface area contributed by atoms with Crippen LogP contribution in [0.3, 0.4) is 0 Å². The third kappa shape index (κ3) is 2.46. The van der Waals surface area contributed by atoms with Crippen LogP contribution >= 0.6 is 11.3 Å². The van der Waals surface area contributed by atoms with Gasteiger partial charge < -0.3 is 11.5 Å². The van der Waals surface area contributed by atoms with E-state index in [1.807, 2.05) is 6.92 Å². The van der Waals surface area contributed by atoms with Crippen LogP contribution in [0.15, 0.2) is 12.4 Å². The molecule has 0 amide bonds. The van der Waals surface area contributed by atoms with Gasteiger partial charge in [-0.2, -0.15) is 0 Å². The molecule has 2 aromatic rings. The van der Waals surface area contributed by atoms with E-state index in [0.717, 1.165) is 29.1 Å². The van der Waals surface area contributed by atoms with E-state index in [1.54, 1.807) is 12.4 Å². The highest BCUT2D eigenvalue weighted by Gasteiger charge is 2.03. The Kier molecular flexibility index (Phi) is 3.00. The highest BCUT2D eigenvalue weighted by atomic mass is 32.1. The molecule has 0 unspecified atom stereocenters. The number of hydrogen-bond acceptors (Lipinski definition) is 6. The number of aromatic nitrogens is 3. The van der Waals surface area contributed by atoms with Gasteiger partial charge in [-0.1, -0.05) is 0 Å². The number of nitrogen functional groups attached to an aromatic ring is 2. The molecule has 0 aliphatic heterocycles. The predicted octanol–water partition coefficient (Wildman–Crippen LogP) is 1.19. The second kappa shape index (κ2) is 4.44. The summed E-state index contributed by atoms with van der Waals surface area (Å²) in [5.41, 5.74) is 12.9. The first kappa shape index (κ1) is 10.8. The van der Waals surface area contributed by atoms with Crippen LogP contribution in [0.1, 0.15) is 16.3 Å². The van der Waals surface area contributed by atoms with Gasteiger partial charge in [-0.3, -0.25) is 4.98 Å². The molecule has 2 heterocycles. The zero-order chi connectivity index (χ0) is 11.5. The third-order valence-electron chi connectivity index (χ3n) is 2.23. The van der Waals surface area contributed by atoms with Crippen molar-refractivity contribution >= 4 is 22.3 Å². The fraction of sp³-hybridized carbons (Fsp3) is 0.300. The minimum Gasteiger partial charge on any atom is -0.382 e. The number of anilines is 2. The number of thiazole rings is 1. The Bertz CT molecular complexity index is 494. The molecule has 16 heavy (non-hydrogen) atoms. The van der Waals surface area contributed by atoms with Gasteiger partial charge >= 0.3 is 0 Å². The SMILES string of the molecule is Cc1nc(CCc2cnc(N)s2)cnc1N. The van der Waals surface area contributed by atoms with E-state index in [0.29, 0.717) is 10.9 Å². The Hall–Kier alpha value is -1.69. The quantitative estimate of drug-likeness (QED) is 0.834. The molecule has 2 aromatic heterocycles. The van der Waals surface area contributed by atoms with Crippen molar-refractivity contribution in [2.24, 2.45) is 0 Å². The molecule has 4 N–H and O–H groups in total. The van der Waals surface area contributed by atoms with Crippen LogP contribution in [0.5, 0.6) is 0 Å². The van der Waals surface area contributed by atoms with E-state index in [4.69, 9.17) is 11.5 Å². The van der Waals surface area contributed by atoms with E-state index in [1.165, 1.54) is 11.3 Å². The first-order valence-electron chi connectivity index (χ1n) is 4.93. The molecule has 0 atom stereocenters. The van der Waals surface area contributed by atoms with Gasteiger partial charge in [0.1, 0.15) is 5.82 Å². The molecular formula is C10H13N5S. The predicted molar refractivity (Wildman–Crippen MR) is 65.1 cm³/mol. The summed E-state index contributed by atoms with van der Waals surface area (Å²) < 4.78 is 0. The largest absolute Gasteiger partial charge is 0.382 e. The lowest BCUT2D eigenvalue weighted by Crippen LogP contribution is -2.01. The number of aryl methyl sites for hydroxylation is 3. The molecule has 0 aromatic carbocycles. The van der Waals surface area contributed by atoms with E-state index >= 15 is 0 Å². The molecule has 0 fully saturated rings. The third-order valence-corrected chi connectivity index (χ3v) is 3.12. The first-order chi connectivity index (χ1) is 7.65. The van der Waals surface area contributed by atoms with Gasteiger partial charge in [0, 0.05) is 11.1 Å². The summed E-state index contributed by atoms with van der Waals surface area (Å²) in [4.78, 5) is 13.6. The van der Waals surface area contributed by atoms with Crippen molar-refractivity contribution in [2.75, 3.05) is 11.5 Å². The van der Waals surface area contributed by atoms with Crippen LogP contribution < -0.4 is 11.5 Å². The summed E-state index contributed by atoms with van der Waals surface area (Å²) >= 11 is 1.51. The number of rotatable bonds is 3. The fourth-order valence-corrected chi connectivity index (χ4v) is 2.03. The van der Waals surface area contributed by atoms with Gasteiger partial charge in [0.05, 0.1) is 17.6 Å². The van der Waals surface area contributed by atoms with Crippen LogP contribution in [0.4, 0.5) is 10.9 Å². The standard InChI is InChI=1S/C10H13N5S/c1-6-9(11)13-4-7(15-6)2-3-8-5-14-10(12)16-8/h4-5H,2-3H2,1H3,(H2,11,13)(H2,12,14). The molecule has 2 rings (SSSR count). The molecule has 0 bridgehead atoms. The lowest BCUT2D eigenvalue weighted by molar-refractivity contribution is 0.897. The van der Waals surface area contributed by atoms with Crippen molar-refractivity contribution < 1.29 is 0 Å². The number of nitrogens with two attached hydrogens (primary N) is 2. The van der Waals surface area contributed by atoms with Crippen molar-refractivity contribution in [2.45, 2.75) is 19.8 Å². The summed E-state index contributed by atoms with van der Waals surface area (Å²) in [7, 11) is 0. The smallest absolute Gasteiger partial charge is 0.180 e. The topological polar surface area (TPSA) is 90.7 Å². The molecule has 0 saturated heterocycles. The summed E-state index contributed by atoms with van der Waals surface area (Å²) in [6.45, 7) is 1.86. The summed E-state index contributed by atoms with van der Waals surface area (Å²) in [6, 6.07) is 0. The maximum Gasteiger partial charge on any atom is 0.180 e. The molecule has 0 spiro atoms. The molecule has 0 aliphatic carbocycles. The van der Waals surface area contributed by atoms with E-state index in [9.17, 15) is 0 Å². The second-order valence-electron chi connectivity index (χ2n) is 3.50. The van der Waals surface area contributed by atoms with Crippen molar-refractivity contribution in [1.29, 1.82) is 0 Å². The van der Waals surface area contributed by atoms with Crippen LogP contribution in [0.2, 0.25) is 0 Å². The molecule has 0 aliphatic rings. The average molecular weight is 235 g/mol. The Balaban J connectivity index is 2.02. The lowest BCUT2D eigenvalue weighted by atomic mass is 10.2. The van der Waals surface area contributed by atoms with Crippen LogP contribution in [0.25, 0.3) is 0 Å². The average Bonchev–Trinajstić information content (AvgIpc) is 2.66. The zero-order valence-electron chi connectivity index (χ0n) is 8.97. The van der Waals surface area contributed by atoms with Gasteiger partial charge in [-0.05, 0) is 19.8 Å². The molecule has 0 saturated carbocycles. The minimum atomic E-state index is 0.491. The molecule has 0 radical (unpaired) electrons. The summed E-state index contributed by atoms with van der Waals surface area (Å²) in [5.74, 6) is 0.491. The Morgan fingerprint density at radius 2 is 2.00 bits per heavy atom. The van der Waals surface area contributed by atoms with Gasteiger partial charge in [-0.25, -0.2) is 9.97 Å². The van der Waals surface area contributed by atoms with Crippen LogP contribution in [-0.2, 0) is 12.8 Å².